The van der Waals surface area contributed by atoms with Crippen molar-refractivity contribution in [3.8, 4) is 0 Å². The molecule has 0 unspecified atom stereocenters. The Morgan fingerprint density at radius 2 is 1.89 bits per heavy atom. The second-order valence-electron chi connectivity index (χ2n) is 6.67. The van der Waals surface area contributed by atoms with Crippen molar-refractivity contribution in [1.29, 1.82) is 0 Å². The van der Waals surface area contributed by atoms with Gasteiger partial charge in [-0.3, -0.25) is 9.79 Å². The summed E-state index contributed by atoms with van der Waals surface area (Å²) in [6.45, 7) is 6.13. The van der Waals surface area contributed by atoms with Crippen LogP contribution in [0.1, 0.15) is 51.5 Å². The Morgan fingerprint density at radius 3 is 2.52 bits per heavy atom. The van der Waals surface area contributed by atoms with Gasteiger partial charge in [0.25, 0.3) is 0 Å². The van der Waals surface area contributed by atoms with Crippen molar-refractivity contribution in [2.24, 2.45) is 4.99 Å². The van der Waals surface area contributed by atoms with Gasteiger partial charge >= 0.3 is 0 Å². The fourth-order valence-electron chi connectivity index (χ4n) is 3.07. The van der Waals surface area contributed by atoms with Crippen molar-refractivity contribution in [3.63, 3.8) is 0 Å². The molecule has 0 aliphatic heterocycles. The van der Waals surface area contributed by atoms with Crippen LogP contribution in [0.25, 0.3) is 0 Å². The van der Waals surface area contributed by atoms with Crippen molar-refractivity contribution in [2.45, 2.75) is 52.4 Å². The Labute approximate surface area is 180 Å². The number of hydrogen-bond donors (Lipinski definition) is 3. The molecule has 1 aromatic carbocycles. The van der Waals surface area contributed by atoms with E-state index in [9.17, 15) is 4.79 Å². The zero-order valence-electron chi connectivity index (χ0n) is 16.5. The third-order valence-electron chi connectivity index (χ3n) is 4.41. The summed E-state index contributed by atoms with van der Waals surface area (Å²) in [6.07, 6.45) is 9.52. The highest BCUT2D eigenvalue weighted by Gasteiger charge is 2.04. The van der Waals surface area contributed by atoms with Crippen molar-refractivity contribution in [1.82, 2.24) is 10.6 Å². The molecule has 0 radical (unpaired) electrons. The second kappa shape index (κ2) is 13.6. The summed E-state index contributed by atoms with van der Waals surface area (Å²) < 4.78 is 0. The van der Waals surface area contributed by atoms with Crippen LogP contribution in [0, 0.1) is 0 Å². The number of halogens is 1. The lowest BCUT2D eigenvalue weighted by Gasteiger charge is -2.13. The summed E-state index contributed by atoms with van der Waals surface area (Å²) >= 11 is 0. The van der Waals surface area contributed by atoms with E-state index in [1.165, 1.54) is 38.2 Å². The summed E-state index contributed by atoms with van der Waals surface area (Å²) in [5.41, 5.74) is 3.63. The summed E-state index contributed by atoms with van der Waals surface area (Å²) in [5, 5.41) is 9.50. The molecule has 27 heavy (non-hydrogen) atoms. The van der Waals surface area contributed by atoms with E-state index in [1.807, 2.05) is 24.3 Å². The molecule has 1 aliphatic rings. The van der Waals surface area contributed by atoms with Crippen LogP contribution in [0.4, 0.5) is 5.69 Å². The summed E-state index contributed by atoms with van der Waals surface area (Å²) in [7, 11) is 0. The average molecular weight is 484 g/mol. The zero-order chi connectivity index (χ0) is 18.6. The van der Waals surface area contributed by atoms with Gasteiger partial charge in [-0.2, -0.15) is 0 Å². The van der Waals surface area contributed by atoms with E-state index in [0.29, 0.717) is 0 Å². The maximum Gasteiger partial charge on any atom is 0.221 e. The highest BCUT2D eigenvalue weighted by molar-refractivity contribution is 14.0. The Kier molecular flexibility index (Phi) is 11.8. The molecule has 0 bridgehead atoms. The monoisotopic (exact) mass is 484 g/mol. The molecule has 150 valence electrons. The number of nitrogens with one attached hydrogen (secondary N) is 3. The van der Waals surface area contributed by atoms with Gasteiger partial charge in [-0.15, -0.1) is 24.0 Å². The minimum absolute atomic E-state index is 0. The average Bonchev–Trinajstić information content (AvgIpc) is 2.63. The van der Waals surface area contributed by atoms with Crippen molar-refractivity contribution >= 4 is 41.5 Å². The lowest BCUT2D eigenvalue weighted by molar-refractivity contribution is -0.114. The fourth-order valence-corrected chi connectivity index (χ4v) is 3.07. The number of guanidine groups is 1. The summed E-state index contributed by atoms with van der Waals surface area (Å²) in [4.78, 5) is 15.7. The minimum atomic E-state index is -0.0464. The largest absolute Gasteiger partial charge is 0.357 e. The quantitative estimate of drug-likeness (QED) is 0.224. The van der Waals surface area contributed by atoms with Gasteiger partial charge in [0, 0.05) is 32.2 Å². The normalized spacial score (nSPS) is 14.0. The molecular weight excluding hydrogens is 451 g/mol. The molecule has 5 nitrogen and oxygen atoms in total. The van der Waals surface area contributed by atoms with Crippen LogP contribution in [0.2, 0.25) is 0 Å². The van der Waals surface area contributed by atoms with Gasteiger partial charge in [-0.25, -0.2) is 0 Å². The van der Waals surface area contributed by atoms with Crippen LogP contribution in [0.5, 0.6) is 0 Å². The number of rotatable bonds is 8. The van der Waals surface area contributed by atoms with Crippen molar-refractivity contribution < 1.29 is 4.79 Å². The van der Waals surface area contributed by atoms with Gasteiger partial charge in [0.15, 0.2) is 5.96 Å². The number of anilines is 1. The number of amides is 1. The number of hydrogen-bond acceptors (Lipinski definition) is 2. The van der Waals surface area contributed by atoms with E-state index in [0.717, 1.165) is 44.1 Å². The first-order chi connectivity index (χ1) is 12.7. The second-order valence-corrected chi connectivity index (χ2v) is 6.67. The maximum absolute atomic E-state index is 11.0. The molecule has 0 saturated heterocycles. The zero-order valence-corrected chi connectivity index (χ0v) is 18.8. The molecule has 1 aromatic rings. The molecule has 3 N–H and O–H groups in total. The van der Waals surface area contributed by atoms with E-state index in [4.69, 9.17) is 4.99 Å². The molecule has 0 fully saturated rings. The van der Waals surface area contributed by atoms with Gasteiger partial charge in [0.2, 0.25) is 5.91 Å². The molecule has 0 saturated carbocycles. The smallest absolute Gasteiger partial charge is 0.221 e. The third kappa shape index (κ3) is 9.79. The minimum Gasteiger partial charge on any atom is -0.357 e. The fraction of sp³-hybridized carbons (Fsp3) is 0.524. The van der Waals surface area contributed by atoms with Crippen LogP contribution < -0.4 is 16.0 Å². The first-order valence-corrected chi connectivity index (χ1v) is 9.74. The number of allylic oxidation sites excluding steroid dienone is 1. The van der Waals surface area contributed by atoms with Crippen LogP contribution in [0.3, 0.4) is 0 Å². The summed E-state index contributed by atoms with van der Waals surface area (Å²) in [5.74, 6) is 0.841. The van der Waals surface area contributed by atoms with Crippen molar-refractivity contribution in [2.75, 3.05) is 25.0 Å². The van der Waals surface area contributed by atoms with Crippen LogP contribution >= 0.6 is 24.0 Å². The van der Waals surface area contributed by atoms with Gasteiger partial charge < -0.3 is 16.0 Å². The maximum atomic E-state index is 11.0. The van der Waals surface area contributed by atoms with Gasteiger partial charge in [0.05, 0.1) is 0 Å². The Bertz CT molecular complexity index is 626. The Morgan fingerprint density at radius 1 is 1.11 bits per heavy atom. The SMILES string of the molecule is CCNC(=NCCC1=CCCCC1)NCCc1ccc(NC(C)=O)cc1.I. The number of carbonyl (C=O) groups is 1. The highest BCUT2D eigenvalue weighted by Crippen LogP contribution is 2.19. The number of carbonyl (C=O) groups excluding carboxylic acids is 1. The molecule has 0 heterocycles. The molecule has 1 aliphatic carbocycles. The Balaban J connectivity index is 0.00000364. The topological polar surface area (TPSA) is 65.5 Å². The molecule has 2 rings (SSSR count). The van der Waals surface area contributed by atoms with Crippen molar-refractivity contribution in [3.05, 3.63) is 41.5 Å². The number of benzene rings is 1. The van der Waals surface area contributed by atoms with E-state index in [-0.39, 0.29) is 29.9 Å². The van der Waals surface area contributed by atoms with E-state index < -0.39 is 0 Å². The highest BCUT2D eigenvalue weighted by atomic mass is 127. The van der Waals surface area contributed by atoms with Gasteiger partial charge in [-0.05, 0) is 63.1 Å². The van der Waals surface area contributed by atoms with Gasteiger partial charge in [0.1, 0.15) is 0 Å². The van der Waals surface area contributed by atoms with Crippen LogP contribution in [-0.2, 0) is 11.2 Å². The predicted molar refractivity (Wildman–Crippen MR) is 125 cm³/mol. The lowest BCUT2D eigenvalue weighted by Crippen LogP contribution is -2.38. The predicted octanol–water partition coefficient (Wildman–Crippen LogP) is 4.25. The van der Waals surface area contributed by atoms with E-state index >= 15 is 0 Å². The lowest BCUT2D eigenvalue weighted by atomic mass is 9.97. The Hall–Kier alpha value is -1.57. The van der Waals surface area contributed by atoms with Crippen LogP contribution in [0.15, 0.2) is 40.9 Å². The number of aliphatic imine (C=N–C) groups is 1. The van der Waals surface area contributed by atoms with Gasteiger partial charge in [-0.1, -0.05) is 23.8 Å². The third-order valence-corrected chi connectivity index (χ3v) is 4.41. The van der Waals surface area contributed by atoms with E-state index in [1.54, 1.807) is 5.57 Å². The first kappa shape index (κ1) is 23.5. The number of nitrogens with zero attached hydrogens (tertiary/aromatic N) is 1. The molecule has 6 heteroatoms. The molecule has 0 spiro atoms. The molecule has 0 aromatic heterocycles. The summed E-state index contributed by atoms with van der Waals surface area (Å²) in [6, 6.07) is 7.97. The molecule has 1 amide bonds. The molecule has 0 atom stereocenters. The first-order valence-electron chi connectivity index (χ1n) is 9.74. The van der Waals surface area contributed by atoms with E-state index in [2.05, 4.69) is 29.0 Å². The molecular formula is C21H33IN4O. The van der Waals surface area contributed by atoms with Crippen LogP contribution in [-0.4, -0.2) is 31.5 Å². The standard InChI is InChI=1S/C21H32N4O.HI/c1-3-22-21(23-15-13-18-7-5-4-6-8-18)24-16-14-19-9-11-20(12-10-19)25-17(2)26;/h7,9-12H,3-6,8,13-16H2,1-2H3,(H,25,26)(H2,22,23,24);1H.